The predicted molar refractivity (Wildman–Crippen MR) is 101 cm³/mol. The molecule has 25 heavy (non-hydrogen) atoms. The Morgan fingerprint density at radius 2 is 1.96 bits per heavy atom. The molecule has 2 rings (SSSR count). The third-order valence-electron chi connectivity index (χ3n) is 3.91. The molecule has 0 radical (unpaired) electrons. The van der Waals surface area contributed by atoms with E-state index in [1.807, 2.05) is 19.9 Å². The average Bonchev–Trinajstić information content (AvgIpc) is 2.62. The molecule has 0 aromatic heterocycles. The molecule has 0 aliphatic rings. The zero-order chi connectivity index (χ0) is 18.6. The summed E-state index contributed by atoms with van der Waals surface area (Å²) in [4.78, 5) is 1.51. The lowest BCUT2D eigenvalue weighted by Gasteiger charge is -2.26. The summed E-state index contributed by atoms with van der Waals surface area (Å²) in [6.45, 7) is 3.77. The van der Waals surface area contributed by atoms with Crippen molar-refractivity contribution in [1.29, 1.82) is 10.8 Å². The van der Waals surface area contributed by atoms with Gasteiger partial charge in [0.05, 0.1) is 13.4 Å². The van der Waals surface area contributed by atoms with Crippen molar-refractivity contribution in [2.45, 2.75) is 25.8 Å². The maximum Gasteiger partial charge on any atom is 0.134 e. The molecule has 2 N–H and O–H groups in total. The minimum Gasteiger partial charge on any atom is -0.497 e. The molecule has 6 heteroatoms. The van der Waals surface area contributed by atoms with Gasteiger partial charge in [-0.2, -0.15) is 0 Å². The van der Waals surface area contributed by atoms with E-state index in [1.165, 1.54) is 18.1 Å². The number of methoxy groups -OCH3 is 1. The lowest BCUT2D eigenvalue weighted by Crippen LogP contribution is -2.35. The summed E-state index contributed by atoms with van der Waals surface area (Å²) in [5.74, 6) is 0.532. The van der Waals surface area contributed by atoms with Gasteiger partial charge >= 0.3 is 0 Å². The number of alkyl halides is 1. The molecular weight excluding hydrogens is 341 g/mol. The van der Waals surface area contributed by atoms with Crippen LogP contribution in [0.25, 0.3) is 11.1 Å². The van der Waals surface area contributed by atoms with Crippen LogP contribution in [0.3, 0.4) is 0 Å². The van der Waals surface area contributed by atoms with Gasteiger partial charge < -0.3 is 9.64 Å². The van der Waals surface area contributed by atoms with Gasteiger partial charge in [0.2, 0.25) is 0 Å². The molecule has 0 atom stereocenters. The van der Waals surface area contributed by atoms with Crippen molar-refractivity contribution in [2.75, 3.05) is 7.11 Å². The maximum atomic E-state index is 14.4. The fourth-order valence-electron chi connectivity index (χ4n) is 2.55. The molecule has 0 aliphatic heterocycles. The molecule has 0 fully saturated rings. The highest BCUT2D eigenvalue weighted by Crippen LogP contribution is 2.31. The highest BCUT2D eigenvalue weighted by Gasteiger charge is 2.20. The normalized spacial score (nSPS) is 10.6. The zero-order valence-electron chi connectivity index (χ0n) is 14.4. The first kappa shape index (κ1) is 18.9. The van der Waals surface area contributed by atoms with E-state index in [4.69, 9.17) is 27.2 Å². The average molecular weight is 362 g/mol. The summed E-state index contributed by atoms with van der Waals surface area (Å²) in [6, 6.07) is 9.74. The van der Waals surface area contributed by atoms with Crippen LogP contribution in [0.5, 0.6) is 5.75 Å². The molecule has 0 aliphatic carbocycles. The first-order chi connectivity index (χ1) is 11.9. The van der Waals surface area contributed by atoms with Crippen molar-refractivity contribution in [2.24, 2.45) is 0 Å². The fraction of sp³-hybridized carbons (Fsp3) is 0.263. The highest BCUT2D eigenvalue weighted by molar-refractivity contribution is 6.17. The van der Waals surface area contributed by atoms with Crippen molar-refractivity contribution < 1.29 is 9.13 Å². The van der Waals surface area contributed by atoms with Crippen LogP contribution in [0, 0.1) is 16.6 Å². The topological polar surface area (TPSA) is 60.2 Å². The molecule has 2 aromatic carbocycles. The van der Waals surface area contributed by atoms with Crippen LogP contribution < -0.4 is 4.74 Å². The molecule has 132 valence electrons. The number of nitrogens with zero attached hydrogens (tertiary/aromatic N) is 1. The molecule has 0 saturated heterocycles. The molecule has 0 saturated carbocycles. The monoisotopic (exact) mass is 361 g/mol. The van der Waals surface area contributed by atoms with Crippen molar-refractivity contribution in [1.82, 2.24) is 4.90 Å². The Morgan fingerprint density at radius 1 is 1.24 bits per heavy atom. The fourth-order valence-corrected chi connectivity index (χ4v) is 2.72. The number of amidine groups is 1. The molecule has 0 spiro atoms. The summed E-state index contributed by atoms with van der Waals surface area (Å²) >= 11 is 5.93. The molecular formula is C19H21ClFN3O. The third-order valence-corrected chi connectivity index (χ3v) is 4.22. The summed E-state index contributed by atoms with van der Waals surface area (Å²) in [6.07, 6.45) is 1.10. The van der Waals surface area contributed by atoms with Gasteiger partial charge in [0.25, 0.3) is 0 Å². The number of rotatable bonds is 6. The second-order valence-electron chi connectivity index (χ2n) is 5.84. The molecule has 0 amide bonds. The van der Waals surface area contributed by atoms with E-state index in [2.05, 4.69) is 0 Å². The van der Waals surface area contributed by atoms with Crippen LogP contribution in [0.2, 0.25) is 0 Å². The lowest BCUT2D eigenvalue weighted by molar-refractivity contribution is 0.414. The first-order valence-electron chi connectivity index (χ1n) is 7.83. The van der Waals surface area contributed by atoms with Crippen molar-refractivity contribution in [3.8, 4) is 16.9 Å². The number of nitrogens with one attached hydrogen (secondary N) is 2. The summed E-state index contributed by atoms with van der Waals surface area (Å²) in [5.41, 5.74) is 2.24. The Morgan fingerprint density at radius 3 is 2.52 bits per heavy atom. The number of hydrogen-bond acceptors (Lipinski definition) is 3. The van der Waals surface area contributed by atoms with Crippen LogP contribution >= 0.6 is 11.6 Å². The van der Waals surface area contributed by atoms with Crippen molar-refractivity contribution in [3.05, 3.63) is 53.3 Å². The molecule has 4 nitrogen and oxygen atoms in total. The molecule has 2 aromatic rings. The van der Waals surface area contributed by atoms with Gasteiger partial charge in [-0.1, -0.05) is 12.1 Å². The smallest absolute Gasteiger partial charge is 0.134 e. The minimum atomic E-state index is -0.403. The quantitative estimate of drug-likeness (QED) is 0.437. The molecule has 0 heterocycles. The molecule has 0 bridgehead atoms. The van der Waals surface area contributed by atoms with Gasteiger partial charge in [-0.15, -0.1) is 11.6 Å². The van der Waals surface area contributed by atoms with Gasteiger partial charge in [0, 0.05) is 23.0 Å². The van der Waals surface area contributed by atoms with Gasteiger partial charge in [-0.3, -0.25) is 10.8 Å². The number of ether oxygens (including phenoxy) is 1. The van der Waals surface area contributed by atoms with Crippen LogP contribution in [0.15, 0.2) is 36.4 Å². The van der Waals surface area contributed by atoms with E-state index >= 15 is 0 Å². The number of hydrogen-bond donors (Lipinski definition) is 2. The van der Waals surface area contributed by atoms with E-state index in [0.29, 0.717) is 22.4 Å². The Labute approximate surface area is 152 Å². The standard InChI is InChI=1S/C19H21ClFN3O/c1-12(2)24(11-22)19(23)17-8-13(10-20)4-6-15(17)16-9-14(25-3)5-7-18(16)21/h4-9,11-12,22-23H,10H2,1-3H3. The minimum absolute atomic E-state index is 0.0762. The van der Waals surface area contributed by atoms with Crippen LogP contribution in [-0.2, 0) is 5.88 Å². The van der Waals surface area contributed by atoms with E-state index in [9.17, 15) is 4.39 Å². The SMILES string of the molecule is COc1ccc(F)c(-c2ccc(CCl)cc2C(=N)N(C=N)C(C)C)c1. The van der Waals surface area contributed by atoms with Crippen LogP contribution in [0.4, 0.5) is 4.39 Å². The van der Waals surface area contributed by atoms with Crippen LogP contribution in [0.1, 0.15) is 25.0 Å². The Hall–Kier alpha value is -2.40. The third kappa shape index (κ3) is 3.99. The van der Waals surface area contributed by atoms with E-state index in [1.54, 1.807) is 24.3 Å². The number of halogens is 2. The lowest BCUT2D eigenvalue weighted by atomic mass is 9.95. The largest absolute Gasteiger partial charge is 0.497 e. The summed E-state index contributed by atoms with van der Waals surface area (Å²) in [5, 5.41) is 16.1. The zero-order valence-corrected chi connectivity index (χ0v) is 15.2. The van der Waals surface area contributed by atoms with Gasteiger partial charge in [0.1, 0.15) is 17.4 Å². The Bertz CT molecular complexity index is 792. The van der Waals surface area contributed by atoms with Gasteiger partial charge in [-0.25, -0.2) is 4.39 Å². The van der Waals surface area contributed by atoms with Gasteiger partial charge in [0.15, 0.2) is 0 Å². The summed E-state index contributed by atoms with van der Waals surface area (Å²) < 4.78 is 19.6. The van der Waals surface area contributed by atoms with E-state index in [0.717, 1.165) is 11.9 Å². The summed E-state index contributed by atoms with van der Waals surface area (Å²) in [7, 11) is 1.52. The second kappa shape index (κ2) is 8.12. The van der Waals surface area contributed by atoms with E-state index in [-0.39, 0.29) is 17.8 Å². The highest BCUT2D eigenvalue weighted by atomic mass is 35.5. The Balaban J connectivity index is 2.67. The second-order valence-corrected chi connectivity index (χ2v) is 6.11. The molecule has 0 unspecified atom stereocenters. The van der Waals surface area contributed by atoms with Crippen molar-refractivity contribution in [3.63, 3.8) is 0 Å². The van der Waals surface area contributed by atoms with Crippen LogP contribution in [-0.4, -0.2) is 30.2 Å². The van der Waals surface area contributed by atoms with Gasteiger partial charge in [-0.05, 0) is 49.2 Å². The van der Waals surface area contributed by atoms with E-state index < -0.39 is 5.82 Å². The number of benzene rings is 2. The van der Waals surface area contributed by atoms with Crippen molar-refractivity contribution >= 4 is 23.8 Å². The first-order valence-corrected chi connectivity index (χ1v) is 8.37. The Kier molecular flexibility index (Phi) is 6.15. The predicted octanol–water partition coefficient (Wildman–Crippen LogP) is 4.88. The maximum absolute atomic E-state index is 14.4.